The summed E-state index contributed by atoms with van der Waals surface area (Å²) in [5.41, 5.74) is 7.07. The van der Waals surface area contributed by atoms with Crippen LogP contribution in [0.1, 0.15) is 31.7 Å². The Labute approximate surface area is 92.2 Å². The first-order chi connectivity index (χ1) is 7.33. The maximum atomic E-state index is 5.84. The average molecular weight is 204 g/mol. The van der Waals surface area contributed by atoms with E-state index in [2.05, 4.69) is 24.0 Å². The summed E-state index contributed by atoms with van der Waals surface area (Å²) in [5, 5.41) is 0. The fourth-order valence-electron chi connectivity index (χ4n) is 1.45. The molecular weight excluding hydrogens is 184 g/mol. The fourth-order valence-corrected chi connectivity index (χ4v) is 1.45. The minimum absolute atomic E-state index is 0.748. The lowest BCUT2D eigenvalue weighted by atomic mass is 10.1. The molecule has 2 nitrogen and oxygen atoms in total. The van der Waals surface area contributed by atoms with Crippen molar-refractivity contribution in [2.24, 2.45) is 10.7 Å². The lowest BCUT2D eigenvalue weighted by molar-refractivity contribution is 0.727. The summed E-state index contributed by atoms with van der Waals surface area (Å²) in [5.74, 6) is 0.748. The van der Waals surface area contributed by atoms with Crippen molar-refractivity contribution >= 4 is 5.84 Å². The second-order valence-corrected chi connectivity index (χ2v) is 3.74. The summed E-state index contributed by atoms with van der Waals surface area (Å²) in [4.78, 5) is 4.35. The SMILES string of the molecule is CCCCCN=C(N)Cc1ccccc1. The normalized spacial score (nSPS) is 11.7. The molecule has 0 aliphatic rings. The Bertz CT molecular complexity index is 291. The minimum atomic E-state index is 0.748. The highest BCUT2D eigenvalue weighted by atomic mass is 14.8. The molecule has 82 valence electrons. The van der Waals surface area contributed by atoms with Gasteiger partial charge in [-0.25, -0.2) is 0 Å². The van der Waals surface area contributed by atoms with E-state index in [1.54, 1.807) is 0 Å². The highest BCUT2D eigenvalue weighted by Gasteiger charge is 1.94. The third kappa shape index (κ3) is 5.21. The molecule has 0 atom stereocenters. The van der Waals surface area contributed by atoms with Crippen molar-refractivity contribution < 1.29 is 0 Å². The van der Waals surface area contributed by atoms with E-state index in [1.165, 1.54) is 18.4 Å². The van der Waals surface area contributed by atoms with E-state index in [1.807, 2.05) is 18.2 Å². The summed E-state index contributed by atoms with van der Waals surface area (Å²) >= 11 is 0. The summed E-state index contributed by atoms with van der Waals surface area (Å²) in [7, 11) is 0. The Balaban J connectivity index is 2.32. The predicted octanol–water partition coefficient (Wildman–Crippen LogP) is 2.78. The Hall–Kier alpha value is -1.31. The lowest BCUT2D eigenvalue weighted by Gasteiger charge is -2.01. The number of rotatable bonds is 6. The maximum Gasteiger partial charge on any atom is 0.0981 e. The molecule has 1 aromatic carbocycles. The lowest BCUT2D eigenvalue weighted by Crippen LogP contribution is -2.15. The van der Waals surface area contributed by atoms with Crippen molar-refractivity contribution in [2.45, 2.75) is 32.6 Å². The molecule has 2 heteroatoms. The third-order valence-electron chi connectivity index (χ3n) is 2.30. The van der Waals surface area contributed by atoms with Gasteiger partial charge in [0, 0.05) is 13.0 Å². The van der Waals surface area contributed by atoms with Crippen LogP contribution >= 0.6 is 0 Å². The van der Waals surface area contributed by atoms with Crippen LogP contribution < -0.4 is 5.73 Å². The molecule has 0 unspecified atom stereocenters. The quantitative estimate of drug-likeness (QED) is 0.432. The zero-order valence-corrected chi connectivity index (χ0v) is 9.45. The standard InChI is InChI=1S/C13H20N2/c1-2-3-7-10-15-13(14)11-12-8-5-4-6-9-12/h4-6,8-9H,2-3,7,10-11H2,1H3,(H2,14,15). The van der Waals surface area contributed by atoms with Gasteiger partial charge in [-0.2, -0.15) is 0 Å². The molecule has 1 rings (SSSR count). The van der Waals surface area contributed by atoms with Gasteiger partial charge in [-0.15, -0.1) is 0 Å². The Morgan fingerprint density at radius 1 is 1.20 bits per heavy atom. The number of amidine groups is 1. The van der Waals surface area contributed by atoms with Crippen LogP contribution in [-0.2, 0) is 6.42 Å². The van der Waals surface area contributed by atoms with Crippen molar-refractivity contribution in [1.29, 1.82) is 0 Å². The van der Waals surface area contributed by atoms with Gasteiger partial charge in [0.2, 0.25) is 0 Å². The first-order valence-electron chi connectivity index (χ1n) is 5.65. The van der Waals surface area contributed by atoms with E-state index in [0.29, 0.717) is 0 Å². The monoisotopic (exact) mass is 204 g/mol. The largest absolute Gasteiger partial charge is 0.387 e. The van der Waals surface area contributed by atoms with Crippen LogP contribution in [0.3, 0.4) is 0 Å². The molecule has 0 aliphatic carbocycles. The molecule has 2 N–H and O–H groups in total. The van der Waals surface area contributed by atoms with E-state index in [-0.39, 0.29) is 0 Å². The Morgan fingerprint density at radius 2 is 1.93 bits per heavy atom. The molecule has 0 amide bonds. The second kappa shape index (κ2) is 7.04. The molecule has 0 radical (unpaired) electrons. The summed E-state index contributed by atoms with van der Waals surface area (Å²) in [6.07, 6.45) is 4.38. The topological polar surface area (TPSA) is 38.4 Å². The minimum Gasteiger partial charge on any atom is -0.387 e. The number of nitrogens with zero attached hydrogens (tertiary/aromatic N) is 1. The van der Waals surface area contributed by atoms with E-state index in [4.69, 9.17) is 5.73 Å². The van der Waals surface area contributed by atoms with Crippen LogP contribution in [-0.4, -0.2) is 12.4 Å². The van der Waals surface area contributed by atoms with E-state index < -0.39 is 0 Å². The maximum absolute atomic E-state index is 5.84. The molecule has 0 saturated carbocycles. The zero-order chi connectivity index (χ0) is 10.9. The Morgan fingerprint density at radius 3 is 2.60 bits per heavy atom. The van der Waals surface area contributed by atoms with Crippen molar-refractivity contribution in [3.63, 3.8) is 0 Å². The van der Waals surface area contributed by atoms with Gasteiger partial charge in [0.1, 0.15) is 0 Å². The zero-order valence-electron chi connectivity index (χ0n) is 9.45. The summed E-state index contributed by atoms with van der Waals surface area (Å²) in [6, 6.07) is 10.2. The predicted molar refractivity (Wildman–Crippen MR) is 66.2 cm³/mol. The highest BCUT2D eigenvalue weighted by Crippen LogP contribution is 2.00. The van der Waals surface area contributed by atoms with E-state index in [0.717, 1.165) is 25.2 Å². The molecule has 0 aromatic heterocycles. The van der Waals surface area contributed by atoms with Gasteiger partial charge in [0.15, 0.2) is 0 Å². The molecule has 0 fully saturated rings. The second-order valence-electron chi connectivity index (χ2n) is 3.74. The van der Waals surface area contributed by atoms with Crippen LogP contribution in [0.25, 0.3) is 0 Å². The number of unbranched alkanes of at least 4 members (excludes halogenated alkanes) is 2. The smallest absolute Gasteiger partial charge is 0.0981 e. The van der Waals surface area contributed by atoms with Gasteiger partial charge < -0.3 is 5.73 Å². The van der Waals surface area contributed by atoms with Gasteiger partial charge >= 0.3 is 0 Å². The van der Waals surface area contributed by atoms with Crippen molar-refractivity contribution in [1.82, 2.24) is 0 Å². The van der Waals surface area contributed by atoms with Crippen molar-refractivity contribution in [3.8, 4) is 0 Å². The molecule has 0 saturated heterocycles. The van der Waals surface area contributed by atoms with E-state index in [9.17, 15) is 0 Å². The Kier molecular flexibility index (Phi) is 5.52. The number of hydrogen-bond acceptors (Lipinski definition) is 1. The van der Waals surface area contributed by atoms with Gasteiger partial charge in [-0.05, 0) is 12.0 Å². The van der Waals surface area contributed by atoms with Gasteiger partial charge in [0.05, 0.1) is 5.84 Å². The first kappa shape index (κ1) is 11.8. The van der Waals surface area contributed by atoms with Crippen LogP contribution in [0.15, 0.2) is 35.3 Å². The van der Waals surface area contributed by atoms with E-state index >= 15 is 0 Å². The van der Waals surface area contributed by atoms with Gasteiger partial charge in [0.25, 0.3) is 0 Å². The first-order valence-corrected chi connectivity index (χ1v) is 5.65. The van der Waals surface area contributed by atoms with Crippen LogP contribution in [0, 0.1) is 0 Å². The van der Waals surface area contributed by atoms with Gasteiger partial charge in [-0.3, -0.25) is 4.99 Å². The molecule has 0 bridgehead atoms. The molecule has 1 aromatic rings. The summed E-state index contributed by atoms with van der Waals surface area (Å²) < 4.78 is 0. The average Bonchev–Trinajstić information content (AvgIpc) is 2.26. The molecule has 0 spiro atoms. The molecule has 0 aliphatic heterocycles. The van der Waals surface area contributed by atoms with Crippen molar-refractivity contribution in [2.75, 3.05) is 6.54 Å². The van der Waals surface area contributed by atoms with Crippen LogP contribution in [0.2, 0.25) is 0 Å². The van der Waals surface area contributed by atoms with Gasteiger partial charge in [-0.1, -0.05) is 50.1 Å². The highest BCUT2D eigenvalue weighted by molar-refractivity contribution is 5.82. The number of benzene rings is 1. The number of nitrogens with two attached hydrogens (primary N) is 1. The third-order valence-corrected chi connectivity index (χ3v) is 2.30. The fraction of sp³-hybridized carbons (Fsp3) is 0.462. The molecular formula is C13H20N2. The summed E-state index contributed by atoms with van der Waals surface area (Å²) in [6.45, 7) is 3.06. The number of aliphatic imine (C=N–C) groups is 1. The van der Waals surface area contributed by atoms with Crippen LogP contribution in [0.5, 0.6) is 0 Å². The van der Waals surface area contributed by atoms with Crippen molar-refractivity contribution in [3.05, 3.63) is 35.9 Å². The molecule has 0 heterocycles. The molecule has 15 heavy (non-hydrogen) atoms. The van der Waals surface area contributed by atoms with Crippen LogP contribution in [0.4, 0.5) is 0 Å². The number of hydrogen-bond donors (Lipinski definition) is 1.